The van der Waals surface area contributed by atoms with E-state index >= 15 is 0 Å². The molecule has 0 aliphatic carbocycles. The second-order valence-electron chi connectivity index (χ2n) is 5.88. The summed E-state index contributed by atoms with van der Waals surface area (Å²) >= 11 is 5.47. The smallest absolute Gasteiger partial charge is 0.335 e. The first-order chi connectivity index (χ1) is 12.5. The topological polar surface area (TPSA) is 93.0 Å². The number of carboxylic acid groups (broad SMARTS) is 1. The minimum Gasteiger partial charge on any atom is -0.493 e. The van der Waals surface area contributed by atoms with Crippen LogP contribution >= 0.6 is 12.2 Å². The van der Waals surface area contributed by atoms with Crippen LogP contribution in [0.1, 0.15) is 36.3 Å². The molecule has 0 aliphatic rings. The Kier molecular flexibility index (Phi) is 5.03. The van der Waals surface area contributed by atoms with Crippen molar-refractivity contribution in [2.24, 2.45) is 7.05 Å². The van der Waals surface area contributed by atoms with E-state index in [9.17, 15) is 9.90 Å². The van der Waals surface area contributed by atoms with Crippen LogP contribution in [0, 0.1) is 4.64 Å². The molecule has 0 aliphatic heterocycles. The van der Waals surface area contributed by atoms with Crippen LogP contribution < -0.4 is 4.74 Å². The van der Waals surface area contributed by atoms with Crippen molar-refractivity contribution in [3.8, 4) is 17.1 Å². The van der Waals surface area contributed by atoms with Gasteiger partial charge in [-0.15, -0.1) is 0 Å². The number of H-pyrrole nitrogens is 1. The molecule has 0 saturated heterocycles. The molecule has 2 heterocycles. The Bertz CT molecular complexity index is 1040. The molecule has 7 nitrogen and oxygen atoms in total. The number of aryl methyl sites for hydroxylation is 2. The molecule has 0 saturated carbocycles. The largest absolute Gasteiger partial charge is 0.493 e. The van der Waals surface area contributed by atoms with Gasteiger partial charge in [0.25, 0.3) is 0 Å². The van der Waals surface area contributed by atoms with Gasteiger partial charge in [0.05, 0.1) is 28.9 Å². The molecule has 0 spiro atoms. The van der Waals surface area contributed by atoms with E-state index in [1.807, 2.05) is 14.0 Å². The predicted octanol–water partition coefficient (Wildman–Crippen LogP) is 3.74. The Morgan fingerprint density at radius 1 is 1.38 bits per heavy atom. The van der Waals surface area contributed by atoms with E-state index in [1.54, 1.807) is 16.8 Å². The average Bonchev–Trinajstić information content (AvgIpc) is 2.92. The molecule has 0 atom stereocenters. The van der Waals surface area contributed by atoms with Crippen molar-refractivity contribution < 1.29 is 14.6 Å². The van der Waals surface area contributed by atoms with Crippen molar-refractivity contribution in [1.82, 2.24) is 19.7 Å². The molecule has 136 valence electrons. The van der Waals surface area contributed by atoms with Gasteiger partial charge in [-0.1, -0.05) is 25.6 Å². The van der Waals surface area contributed by atoms with Crippen molar-refractivity contribution in [3.63, 3.8) is 0 Å². The number of ether oxygens (including phenoxy) is 1. The quantitative estimate of drug-likeness (QED) is 0.640. The summed E-state index contributed by atoms with van der Waals surface area (Å²) in [7, 11) is 1.84. The average molecular weight is 372 g/mol. The van der Waals surface area contributed by atoms with E-state index in [0.717, 1.165) is 29.6 Å². The van der Waals surface area contributed by atoms with Crippen LogP contribution in [0.4, 0.5) is 0 Å². The lowest BCUT2D eigenvalue weighted by Crippen LogP contribution is -2.02. The maximum atomic E-state index is 11.4. The number of aromatic amines is 1. The summed E-state index contributed by atoms with van der Waals surface area (Å²) in [5.41, 5.74) is 3.22. The fourth-order valence-corrected chi connectivity index (χ4v) is 3.25. The number of rotatable bonds is 6. The minimum atomic E-state index is -1.01. The highest BCUT2D eigenvalue weighted by molar-refractivity contribution is 7.71. The van der Waals surface area contributed by atoms with E-state index in [1.165, 1.54) is 6.07 Å². The van der Waals surface area contributed by atoms with Gasteiger partial charge in [-0.25, -0.2) is 9.78 Å². The highest BCUT2D eigenvalue weighted by atomic mass is 32.1. The van der Waals surface area contributed by atoms with Crippen LogP contribution in [-0.2, 0) is 13.5 Å². The number of aromatic carboxylic acids is 1. The van der Waals surface area contributed by atoms with Crippen molar-refractivity contribution in [3.05, 3.63) is 34.1 Å². The van der Waals surface area contributed by atoms with Crippen LogP contribution in [0.2, 0.25) is 0 Å². The number of nitrogens with zero attached hydrogens (tertiary/aromatic N) is 3. The molecule has 0 bridgehead atoms. The zero-order valence-electron chi connectivity index (χ0n) is 14.9. The second kappa shape index (κ2) is 7.25. The van der Waals surface area contributed by atoms with Crippen molar-refractivity contribution >= 4 is 29.2 Å². The molecular formula is C18H20N4O3S. The van der Waals surface area contributed by atoms with Gasteiger partial charge in [0.2, 0.25) is 0 Å². The molecule has 0 fully saturated rings. The van der Waals surface area contributed by atoms with Gasteiger partial charge in [0.1, 0.15) is 17.1 Å². The molecule has 0 radical (unpaired) electrons. The summed E-state index contributed by atoms with van der Waals surface area (Å²) in [6, 6.07) is 4.69. The van der Waals surface area contributed by atoms with Gasteiger partial charge >= 0.3 is 5.97 Å². The highest BCUT2D eigenvalue weighted by Crippen LogP contribution is 2.31. The first-order valence-corrected chi connectivity index (χ1v) is 8.83. The highest BCUT2D eigenvalue weighted by Gasteiger charge is 2.17. The van der Waals surface area contributed by atoms with Crippen LogP contribution in [0.25, 0.3) is 22.4 Å². The molecule has 0 unspecified atom stereocenters. The predicted molar refractivity (Wildman–Crippen MR) is 101 cm³/mol. The van der Waals surface area contributed by atoms with Crippen molar-refractivity contribution in [2.75, 3.05) is 6.61 Å². The monoisotopic (exact) mass is 372 g/mol. The van der Waals surface area contributed by atoms with Gasteiger partial charge in [0, 0.05) is 7.05 Å². The van der Waals surface area contributed by atoms with Gasteiger partial charge in [-0.3, -0.25) is 4.68 Å². The Hall–Kier alpha value is -2.74. The zero-order valence-corrected chi connectivity index (χ0v) is 15.7. The molecule has 1 aromatic carbocycles. The summed E-state index contributed by atoms with van der Waals surface area (Å²) in [4.78, 5) is 19.1. The lowest BCUT2D eigenvalue weighted by atomic mass is 10.1. The summed E-state index contributed by atoms with van der Waals surface area (Å²) in [6.07, 6.45) is 1.75. The summed E-state index contributed by atoms with van der Waals surface area (Å²) < 4.78 is 7.79. The Morgan fingerprint density at radius 2 is 2.15 bits per heavy atom. The normalized spacial score (nSPS) is 11.0. The summed E-state index contributed by atoms with van der Waals surface area (Å²) in [5, 5.41) is 13.8. The SMILES string of the molecule is CCCc1nn(C)c2c(=S)nc(-c3cc(C(=O)O)ccc3OCC)[nH]c12. The number of aromatic nitrogens is 4. The fraction of sp³-hybridized carbons (Fsp3) is 0.333. The number of hydrogen-bond acceptors (Lipinski definition) is 5. The number of nitrogens with one attached hydrogen (secondary N) is 1. The van der Waals surface area contributed by atoms with Gasteiger partial charge in [-0.05, 0) is 31.5 Å². The third-order valence-corrected chi connectivity index (χ3v) is 4.33. The minimum absolute atomic E-state index is 0.157. The summed E-state index contributed by atoms with van der Waals surface area (Å²) in [5.74, 6) is 0.0114. The van der Waals surface area contributed by atoms with Crippen LogP contribution in [0.3, 0.4) is 0 Å². The van der Waals surface area contributed by atoms with Gasteiger partial charge in [0.15, 0.2) is 4.64 Å². The molecule has 3 rings (SSSR count). The number of benzene rings is 1. The molecule has 2 N–H and O–H groups in total. The molecule has 26 heavy (non-hydrogen) atoms. The van der Waals surface area contributed by atoms with Gasteiger partial charge < -0.3 is 14.8 Å². The van der Waals surface area contributed by atoms with Crippen LogP contribution in [0.15, 0.2) is 18.2 Å². The molecule has 0 amide bonds. The lowest BCUT2D eigenvalue weighted by Gasteiger charge is -2.11. The Morgan fingerprint density at radius 3 is 2.81 bits per heavy atom. The van der Waals surface area contributed by atoms with E-state index in [0.29, 0.717) is 28.4 Å². The molecule has 3 aromatic rings. The van der Waals surface area contributed by atoms with E-state index in [4.69, 9.17) is 17.0 Å². The third kappa shape index (κ3) is 3.20. The van der Waals surface area contributed by atoms with E-state index < -0.39 is 5.97 Å². The Balaban J connectivity index is 2.28. The fourth-order valence-electron chi connectivity index (χ4n) is 2.93. The maximum Gasteiger partial charge on any atom is 0.335 e. The molecule has 8 heteroatoms. The molecule has 2 aromatic heterocycles. The van der Waals surface area contributed by atoms with E-state index in [2.05, 4.69) is 22.0 Å². The number of hydrogen-bond donors (Lipinski definition) is 2. The van der Waals surface area contributed by atoms with Crippen LogP contribution in [0.5, 0.6) is 5.75 Å². The van der Waals surface area contributed by atoms with E-state index in [-0.39, 0.29) is 5.56 Å². The lowest BCUT2D eigenvalue weighted by molar-refractivity contribution is 0.0697. The summed E-state index contributed by atoms with van der Waals surface area (Å²) in [6.45, 7) is 4.41. The maximum absolute atomic E-state index is 11.4. The first kappa shape index (κ1) is 18.1. The zero-order chi connectivity index (χ0) is 18.8. The first-order valence-electron chi connectivity index (χ1n) is 8.42. The second-order valence-corrected chi connectivity index (χ2v) is 6.27. The van der Waals surface area contributed by atoms with Crippen molar-refractivity contribution in [2.45, 2.75) is 26.7 Å². The standard InChI is InChI=1S/C18H20N4O3S/c1-4-6-12-14-15(22(3)21-12)17(26)20-16(19-14)11-9-10(18(23)24)7-8-13(11)25-5-2/h7-9H,4-6H2,1-3H3,(H,23,24)(H,19,20,26). The van der Waals surface area contributed by atoms with Crippen LogP contribution in [-0.4, -0.2) is 37.4 Å². The number of fused-ring (bicyclic) bond motifs is 1. The Labute approximate surface area is 155 Å². The van der Waals surface area contributed by atoms with Gasteiger partial charge in [-0.2, -0.15) is 5.10 Å². The number of carbonyl (C=O) groups is 1. The number of carboxylic acids is 1. The van der Waals surface area contributed by atoms with Crippen molar-refractivity contribution in [1.29, 1.82) is 0 Å². The third-order valence-electron chi connectivity index (χ3n) is 4.05. The molecular weight excluding hydrogens is 352 g/mol.